The van der Waals surface area contributed by atoms with Gasteiger partial charge in [-0.05, 0) is 18.6 Å². The Kier molecular flexibility index (Phi) is 2.96. The molecule has 1 aromatic heterocycles. The standard InChI is InChI=1S/C15H11Cl2N3O2/c1-6-10-11(7-3-2-4-8(16)13(7)17)12-9(5-22-15(12)21)18-14(10)20-19-6/h2-4,11H,5H2,1H3,(H2,18,19,20)/t11-/m0/s1. The molecule has 0 spiro atoms. The summed E-state index contributed by atoms with van der Waals surface area (Å²) in [4.78, 5) is 12.2. The summed E-state index contributed by atoms with van der Waals surface area (Å²) in [7, 11) is 0. The van der Waals surface area contributed by atoms with Crippen molar-refractivity contribution in [3.8, 4) is 0 Å². The fraction of sp³-hybridized carbons (Fsp3) is 0.200. The molecule has 2 N–H and O–H groups in total. The van der Waals surface area contributed by atoms with Crippen LogP contribution in [0, 0.1) is 6.92 Å². The van der Waals surface area contributed by atoms with Gasteiger partial charge in [0.1, 0.15) is 6.61 Å². The predicted octanol–water partition coefficient (Wildman–Crippen LogP) is 3.39. The SMILES string of the molecule is Cc1[nH]nc2c1[C@H](c1cccc(Cl)c1Cl)C1=C(COC1=O)N2. The first kappa shape index (κ1) is 13.7. The third-order valence-electron chi connectivity index (χ3n) is 4.03. The van der Waals surface area contributed by atoms with Crippen LogP contribution in [0.4, 0.5) is 5.82 Å². The molecule has 1 atom stereocenters. The second kappa shape index (κ2) is 4.76. The Morgan fingerprint density at radius 2 is 2.18 bits per heavy atom. The first-order valence-electron chi connectivity index (χ1n) is 6.74. The van der Waals surface area contributed by atoms with Crippen molar-refractivity contribution in [1.29, 1.82) is 0 Å². The van der Waals surface area contributed by atoms with Gasteiger partial charge in [0, 0.05) is 11.3 Å². The summed E-state index contributed by atoms with van der Waals surface area (Å²) in [6.45, 7) is 2.12. The van der Waals surface area contributed by atoms with E-state index in [4.69, 9.17) is 27.9 Å². The summed E-state index contributed by atoms with van der Waals surface area (Å²) in [6.07, 6.45) is 0. The summed E-state index contributed by atoms with van der Waals surface area (Å²) >= 11 is 12.5. The Morgan fingerprint density at radius 1 is 1.36 bits per heavy atom. The zero-order chi connectivity index (χ0) is 15.4. The van der Waals surface area contributed by atoms with E-state index < -0.39 is 0 Å². The molecule has 2 aliphatic rings. The van der Waals surface area contributed by atoms with E-state index in [0.29, 0.717) is 21.4 Å². The number of nitrogens with zero attached hydrogens (tertiary/aromatic N) is 1. The number of anilines is 1. The number of halogens is 2. The van der Waals surface area contributed by atoms with Crippen LogP contribution in [0.3, 0.4) is 0 Å². The number of nitrogens with one attached hydrogen (secondary N) is 2. The number of carbonyl (C=O) groups excluding carboxylic acids is 1. The molecule has 0 bridgehead atoms. The quantitative estimate of drug-likeness (QED) is 0.784. The number of aromatic amines is 1. The van der Waals surface area contributed by atoms with Crippen molar-refractivity contribution in [1.82, 2.24) is 10.2 Å². The number of fused-ring (bicyclic) bond motifs is 1. The average molecular weight is 336 g/mol. The Hall–Kier alpha value is -1.98. The van der Waals surface area contributed by atoms with Gasteiger partial charge in [-0.2, -0.15) is 5.10 Å². The van der Waals surface area contributed by atoms with E-state index in [1.54, 1.807) is 6.07 Å². The summed E-state index contributed by atoms with van der Waals surface area (Å²) in [5.41, 5.74) is 3.83. The van der Waals surface area contributed by atoms with Crippen molar-refractivity contribution in [2.45, 2.75) is 12.8 Å². The van der Waals surface area contributed by atoms with Gasteiger partial charge < -0.3 is 10.1 Å². The van der Waals surface area contributed by atoms with Gasteiger partial charge in [-0.15, -0.1) is 0 Å². The van der Waals surface area contributed by atoms with Gasteiger partial charge in [-0.25, -0.2) is 4.79 Å². The number of hydrogen-bond donors (Lipinski definition) is 2. The third kappa shape index (κ3) is 1.79. The highest BCUT2D eigenvalue weighted by Gasteiger charge is 2.41. The molecule has 5 nitrogen and oxygen atoms in total. The number of benzene rings is 1. The monoisotopic (exact) mass is 335 g/mol. The van der Waals surface area contributed by atoms with Crippen molar-refractivity contribution >= 4 is 35.0 Å². The number of aryl methyl sites for hydroxylation is 1. The van der Waals surface area contributed by atoms with Crippen molar-refractivity contribution in [2.24, 2.45) is 0 Å². The molecular weight excluding hydrogens is 325 g/mol. The van der Waals surface area contributed by atoms with Crippen LogP contribution in [0.5, 0.6) is 0 Å². The molecule has 0 saturated carbocycles. The van der Waals surface area contributed by atoms with Crippen LogP contribution in [0.25, 0.3) is 0 Å². The van der Waals surface area contributed by atoms with Gasteiger partial charge in [0.05, 0.1) is 27.2 Å². The zero-order valence-corrected chi connectivity index (χ0v) is 13.0. The molecule has 1 aromatic carbocycles. The van der Waals surface area contributed by atoms with Crippen molar-refractivity contribution in [2.75, 3.05) is 11.9 Å². The number of ether oxygens (including phenoxy) is 1. The smallest absolute Gasteiger partial charge is 0.337 e. The summed E-state index contributed by atoms with van der Waals surface area (Å²) in [5, 5.41) is 11.3. The molecule has 22 heavy (non-hydrogen) atoms. The van der Waals surface area contributed by atoms with Gasteiger partial charge in [0.2, 0.25) is 0 Å². The maximum absolute atomic E-state index is 12.2. The van der Waals surface area contributed by atoms with E-state index >= 15 is 0 Å². The van der Waals surface area contributed by atoms with E-state index in [1.807, 2.05) is 19.1 Å². The zero-order valence-electron chi connectivity index (χ0n) is 11.5. The molecule has 0 saturated heterocycles. The Balaban J connectivity index is 2.00. The van der Waals surface area contributed by atoms with Gasteiger partial charge in [-0.3, -0.25) is 5.10 Å². The molecule has 2 aliphatic heterocycles. The molecule has 0 unspecified atom stereocenters. The van der Waals surface area contributed by atoms with Crippen molar-refractivity contribution < 1.29 is 9.53 Å². The maximum Gasteiger partial charge on any atom is 0.337 e. The Morgan fingerprint density at radius 3 is 3.00 bits per heavy atom. The number of hydrogen-bond acceptors (Lipinski definition) is 4. The second-order valence-corrected chi connectivity index (χ2v) is 6.07. The molecule has 0 amide bonds. The minimum absolute atomic E-state index is 0.216. The van der Waals surface area contributed by atoms with Crippen molar-refractivity contribution in [3.63, 3.8) is 0 Å². The topological polar surface area (TPSA) is 67.0 Å². The lowest BCUT2D eigenvalue weighted by Crippen LogP contribution is -2.20. The first-order chi connectivity index (χ1) is 10.6. The molecule has 3 heterocycles. The fourth-order valence-corrected chi connectivity index (χ4v) is 3.46. The van der Waals surface area contributed by atoms with Gasteiger partial charge in [0.15, 0.2) is 5.82 Å². The normalized spacial score (nSPS) is 19.6. The lowest BCUT2D eigenvalue weighted by Gasteiger charge is -2.25. The number of carbonyl (C=O) groups is 1. The Labute approximate surface area is 136 Å². The van der Waals surface area contributed by atoms with Gasteiger partial charge in [0.25, 0.3) is 0 Å². The lowest BCUT2D eigenvalue weighted by atomic mass is 9.82. The van der Waals surface area contributed by atoms with Crippen LogP contribution >= 0.6 is 23.2 Å². The van der Waals surface area contributed by atoms with Gasteiger partial charge in [-0.1, -0.05) is 35.3 Å². The number of esters is 1. The van der Waals surface area contributed by atoms with Crippen LogP contribution < -0.4 is 5.32 Å². The molecule has 0 aliphatic carbocycles. The average Bonchev–Trinajstić information content (AvgIpc) is 3.05. The van der Waals surface area contributed by atoms with E-state index in [1.165, 1.54) is 0 Å². The van der Waals surface area contributed by atoms with Crippen molar-refractivity contribution in [3.05, 3.63) is 56.3 Å². The first-order valence-corrected chi connectivity index (χ1v) is 7.49. The minimum Gasteiger partial charge on any atom is -0.456 e. The largest absolute Gasteiger partial charge is 0.456 e. The highest BCUT2D eigenvalue weighted by molar-refractivity contribution is 6.42. The summed E-state index contributed by atoms with van der Waals surface area (Å²) < 4.78 is 5.17. The fourth-order valence-electron chi connectivity index (χ4n) is 3.04. The third-order valence-corrected chi connectivity index (χ3v) is 4.86. The molecule has 7 heteroatoms. The molecular formula is C15H11Cl2N3O2. The molecule has 112 valence electrons. The van der Waals surface area contributed by atoms with E-state index in [9.17, 15) is 4.79 Å². The predicted molar refractivity (Wildman–Crippen MR) is 83.2 cm³/mol. The highest BCUT2D eigenvalue weighted by Crippen LogP contribution is 2.47. The Bertz CT molecular complexity index is 841. The van der Waals surface area contributed by atoms with Crippen LogP contribution in [0.1, 0.15) is 22.7 Å². The van der Waals surface area contributed by atoms with Crippen LogP contribution in [0.15, 0.2) is 29.5 Å². The molecule has 0 fully saturated rings. The van der Waals surface area contributed by atoms with Crippen LogP contribution in [0.2, 0.25) is 10.0 Å². The van der Waals surface area contributed by atoms with Crippen LogP contribution in [-0.4, -0.2) is 22.8 Å². The van der Waals surface area contributed by atoms with E-state index in [-0.39, 0.29) is 18.5 Å². The maximum atomic E-state index is 12.2. The second-order valence-electron chi connectivity index (χ2n) is 5.28. The van der Waals surface area contributed by atoms with Gasteiger partial charge >= 0.3 is 5.97 Å². The lowest BCUT2D eigenvalue weighted by molar-refractivity contribution is -0.136. The number of cyclic esters (lactones) is 1. The van der Waals surface area contributed by atoms with E-state index in [2.05, 4.69) is 15.5 Å². The molecule has 2 aromatic rings. The number of aromatic nitrogens is 2. The van der Waals surface area contributed by atoms with Crippen LogP contribution in [-0.2, 0) is 9.53 Å². The highest BCUT2D eigenvalue weighted by atomic mass is 35.5. The molecule has 4 rings (SSSR count). The summed E-state index contributed by atoms with van der Waals surface area (Å²) in [5.74, 6) is 0.0107. The number of rotatable bonds is 1. The minimum atomic E-state index is -0.341. The summed E-state index contributed by atoms with van der Waals surface area (Å²) in [6, 6.07) is 5.41. The van der Waals surface area contributed by atoms with E-state index in [0.717, 1.165) is 22.5 Å². The number of H-pyrrole nitrogens is 1. The molecule has 0 radical (unpaired) electrons.